The molecule has 0 fully saturated rings. The number of anilines is 1. The molecular weight excluding hydrogens is 478 g/mol. The predicted octanol–water partition coefficient (Wildman–Crippen LogP) is 3.80. The maximum atomic E-state index is 13.3. The molecule has 0 aliphatic rings. The second-order valence-electron chi connectivity index (χ2n) is 7.77. The third-order valence-electron chi connectivity index (χ3n) is 5.17. The Balaban J connectivity index is 1.47. The fraction of sp³-hybridized carbons (Fsp3) is 0.115. The summed E-state index contributed by atoms with van der Waals surface area (Å²) in [5.74, 6) is -0.0665. The van der Waals surface area contributed by atoms with Crippen LogP contribution >= 0.6 is 11.3 Å². The number of benzene rings is 2. The van der Waals surface area contributed by atoms with E-state index in [0.29, 0.717) is 17.1 Å². The van der Waals surface area contributed by atoms with Crippen LogP contribution in [0.1, 0.15) is 10.5 Å². The van der Waals surface area contributed by atoms with Crippen LogP contribution in [0.4, 0.5) is 5.69 Å². The molecule has 0 aliphatic heterocycles. The molecule has 0 spiro atoms. The minimum Gasteiger partial charge on any atom is -0.475 e. The number of ether oxygens (including phenoxy) is 1. The average Bonchev–Trinajstić information content (AvgIpc) is 3.36. The monoisotopic (exact) mass is 499 g/mol. The van der Waals surface area contributed by atoms with Crippen LogP contribution in [0.25, 0.3) is 32.3 Å². The number of aromatic nitrogens is 4. The van der Waals surface area contributed by atoms with Gasteiger partial charge in [-0.3, -0.25) is 4.79 Å². The number of aliphatic hydroxyl groups excluding tert-OH is 2. The van der Waals surface area contributed by atoms with E-state index in [4.69, 9.17) is 9.84 Å². The normalized spacial score (nSPS) is 11.8. The molecule has 1 amide bonds. The van der Waals surface area contributed by atoms with Crippen LogP contribution in [-0.4, -0.2) is 55.4 Å². The molecule has 5 rings (SSSR count). The van der Waals surface area contributed by atoms with Crippen LogP contribution in [0.15, 0.2) is 79.0 Å². The molecule has 5 aromatic rings. The van der Waals surface area contributed by atoms with Crippen LogP contribution < -0.4 is 10.1 Å². The summed E-state index contributed by atoms with van der Waals surface area (Å²) in [5, 5.41) is 22.4. The number of amides is 1. The molecule has 3 aromatic heterocycles. The molecule has 180 valence electrons. The van der Waals surface area contributed by atoms with Gasteiger partial charge in [0.2, 0.25) is 5.88 Å². The molecule has 3 heterocycles. The third-order valence-corrected chi connectivity index (χ3v) is 6.19. The highest BCUT2D eigenvalue weighted by Crippen LogP contribution is 2.34. The Morgan fingerprint density at radius 2 is 1.81 bits per heavy atom. The van der Waals surface area contributed by atoms with Crippen molar-refractivity contribution in [2.24, 2.45) is 0 Å². The number of para-hydroxylation sites is 1. The number of aliphatic hydroxyl groups is 2. The zero-order valence-electron chi connectivity index (χ0n) is 18.9. The largest absolute Gasteiger partial charge is 0.475 e. The summed E-state index contributed by atoms with van der Waals surface area (Å²) in [4.78, 5) is 32.0. The molecule has 0 unspecified atom stereocenters. The number of carbonyl (C=O) groups excluding carboxylic acids is 1. The number of carbonyl (C=O) groups is 1. The second kappa shape index (κ2) is 10.6. The van der Waals surface area contributed by atoms with Crippen molar-refractivity contribution in [3.63, 3.8) is 0 Å². The Bertz CT molecular complexity index is 1480. The van der Waals surface area contributed by atoms with Gasteiger partial charge in [-0.2, -0.15) is 4.98 Å². The van der Waals surface area contributed by atoms with Gasteiger partial charge in [0.05, 0.1) is 12.3 Å². The number of hydrogen-bond donors (Lipinski definition) is 3. The topological polar surface area (TPSA) is 130 Å². The van der Waals surface area contributed by atoms with Gasteiger partial charge in [-0.05, 0) is 24.3 Å². The maximum absolute atomic E-state index is 13.3. The SMILES string of the molecule is O=C(Nc1ccccc1-c1nc2cccnc2s1)c1cc(OC[C@H](O)CO)nc(-c2ccccc2)n1. The first-order valence-corrected chi connectivity index (χ1v) is 11.9. The van der Waals surface area contributed by atoms with E-state index in [2.05, 4.69) is 25.3 Å². The average molecular weight is 500 g/mol. The van der Waals surface area contributed by atoms with Crippen molar-refractivity contribution < 1.29 is 19.7 Å². The molecule has 3 N–H and O–H groups in total. The lowest BCUT2D eigenvalue weighted by molar-refractivity contribution is 0.0520. The van der Waals surface area contributed by atoms with E-state index in [9.17, 15) is 9.90 Å². The Morgan fingerprint density at radius 3 is 2.61 bits per heavy atom. The van der Waals surface area contributed by atoms with Gasteiger partial charge in [0.1, 0.15) is 33.8 Å². The first kappa shape index (κ1) is 23.5. The Kier molecular flexibility index (Phi) is 6.89. The molecule has 10 heteroatoms. The number of thiazole rings is 1. The van der Waals surface area contributed by atoms with Gasteiger partial charge < -0.3 is 20.3 Å². The van der Waals surface area contributed by atoms with Crippen molar-refractivity contribution in [3.05, 3.63) is 84.7 Å². The van der Waals surface area contributed by atoms with Gasteiger partial charge in [-0.1, -0.05) is 53.8 Å². The van der Waals surface area contributed by atoms with Crippen molar-refractivity contribution in [3.8, 4) is 27.8 Å². The minimum absolute atomic E-state index is 0.0816. The summed E-state index contributed by atoms with van der Waals surface area (Å²) >= 11 is 1.44. The van der Waals surface area contributed by atoms with Gasteiger partial charge in [0.15, 0.2) is 5.82 Å². The van der Waals surface area contributed by atoms with Crippen LogP contribution in [0, 0.1) is 0 Å². The van der Waals surface area contributed by atoms with E-state index in [1.165, 1.54) is 17.4 Å². The van der Waals surface area contributed by atoms with Crippen molar-refractivity contribution in [1.29, 1.82) is 0 Å². The molecule has 2 aromatic carbocycles. The van der Waals surface area contributed by atoms with Crippen molar-refractivity contribution in [2.45, 2.75) is 6.10 Å². The lowest BCUT2D eigenvalue weighted by atomic mass is 10.1. The summed E-state index contributed by atoms with van der Waals surface area (Å²) in [7, 11) is 0. The Labute approximate surface area is 210 Å². The highest BCUT2D eigenvalue weighted by Gasteiger charge is 2.18. The number of rotatable bonds is 8. The van der Waals surface area contributed by atoms with Gasteiger partial charge in [-0.25, -0.2) is 15.0 Å². The van der Waals surface area contributed by atoms with Gasteiger partial charge in [0.25, 0.3) is 5.91 Å². The van der Waals surface area contributed by atoms with Crippen molar-refractivity contribution in [1.82, 2.24) is 19.9 Å². The molecule has 0 saturated heterocycles. The molecule has 9 nitrogen and oxygen atoms in total. The zero-order valence-corrected chi connectivity index (χ0v) is 19.7. The summed E-state index contributed by atoms with van der Waals surface area (Å²) in [5.41, 5.74) is 2.89. The molecular formula is C26H21N5O4S. The number of nitrogens with one attached hydrogen (secondary N) is 1. The van der Waals surface area contributed by atoms with Crippen LogP contribution in [0.3, 0.4) is 0 Å². The van der Waals surface area contributed by atoms with E-state index in [1.807, 2.05) is 60.7 Å². The number of hydrogen-bond acceptors (Lipinski definition) is 9. The lowest BCUT2D eigenvalue weighted by Gasteiger charge is -2.13. The molecule has 0 aliphatic carbocycles. The minimum atomic E-state index is -1.08. The smallest absolute Gasteiger partial charge is 0.274 e. The van der Waals surface area contributed by atoms with Gasteiger partial charge in [0, 0.05) is 23.4 Å². The number of pyridine rings is 1. The second-order valence-corrected chi connectivity index (χ2v) is 8.75. The van der Waals surface area contributed by atoms with E-state index >= 15 is 0 Å². The summed E-state index contributed by atoms with van der Waals surface area (Å²) in [6.45, 7) is -0.640. The van der Waals surface area contributed by atoms with E-state index < -0.39 is 18.6 Å². The number of nitrogens with zero attached hydrogens (tertiary/aromatic N) is 4. The summed E-state index contributed by atoms with van der Waals surface area (Å²) in [6, 6.07) is 21.7. The standard InChI is InChI=1S/C26H21N5O4S/c32-14-17(33)15-35-22-13-21(28-23(31-22)16-7-2-1-3-8-16)24(34)29-19-10-5-4-9-18(19)25-30-20-11-6-12-27-26(20)36-25/h1-13,17,32-33H,14-15H2,(H,29,34)/t17-/m1/s1. The van der Waals surface area contributed by atoms with E-state index in [1.54, 1.807) is 12.3 Å². The fourth-order valence-corrected chi connectivity index (χ4v) is 4.36. The van der Waals surface area contributed by atoms with Crippen molar-refractivity contribution in [2.75, 3.05) is 18.5 Å². The summed E-state index contributed by atoms with van der Waals surface area (Å²) < 4.78 is 5.53. The molecule has 0 saturated carbocycles. The Morgan fingerprint density at radius 1 is 1.00 bits per heavy atom. The van der Waals surface area contributed by atoms with E-state index in [-0.39, 0.29) is 18.2 Å². The third kappa shape index (κ3) is 5.20. The molecule has 1 atom stereocenters. The van der Waals surface area contributed by atoms with Crippen LogP contribution in [0.5, 0.6) is 5.88 Å². The quantitative estimate of drug-likeness (QED) is 0.294. The van der Waals surface area contributed by atoms with Gasteiger partial charge in [-0.15, -0.1) is 0 Å². The highest BCUT2D eigenvalue weighted by molar-refractivity contribution is 7.21. The zero-order chi connectivity index (χ0) is 24.9. The Hall–Kier alpha value is -4.25. The lowest BCUT2D eigenvalue weighted by Crippen LogP contribution is -2.22. The van der Waals surface area contributed by atoms with Crippen molar-refractivity contribution >= 4 is 33.3 Å². The summed E-state index contributed by atoms with van der Waals surface area (Å²) in [6.07, 6.45) is 0.643. The molecule has 36 heavy (non-hydrogen) atoms. The molecule has 0 radical (unpaired) electrons. The first-order valence-electron chi connectivity index (χ1n) is 11.1. The van der Waals surface area contributed by atoms with Gasteiger partial charge >= 0.3 is 0 Å². The first-order chi connectivity index (χ1) is 17.6. The molecule has 0 bridgehead atoms. The highest BCUT2D eigenvalue weighted by atomic mass is 32.1. The van der Waals surface area contributed by atoms with E-state index in [0.717, 1.165) is 20.9 Å². The van der Waals surface area contributed by atoms with Crippen LogP contribution in [0.2, 0.25) is 0 Å². The maximum Gasteiger partial charge on any atom is 0.274 e. The predicted molar refractivity (Wildman–Crippen MR) is 137 cm³/mol. The van der Waals surface area contributed by atoms with Crippen LogP contribution in [-0.2, 0) is 0 Å². The fourth-order valence-electron chi connectivity index (χ4n) is 3.42. The number of fused-ring (bicyclic) bond motifs is 1.